The highest BCUT2D eigenvalue weighted by Gasteiger charge is 1.98. The van der Waals surface area contributed by atoms with Gasteiger partial charge in [0.1, 0.15) is 0 Å². The first-order valence-corrected chi connectivity index (χ1v) is 9.39. The maximum Gasteiger partial charge on any atom is 0.0205 e. The van der Waals surface area contributed by atoms with Crippen molar-refractivity contribution in [1.82, 2.24) is 5.32 Å². The van der Waals surface area contributed by atoms with Crippen LogP contribution >= 0.6 is 11.8 Å². The van der Waals surface area contributed by atoms with E-state index in [1.165, 1.54) is 49.0 Å². The Morgan fingerprint density at radius 1 is 0.950 bits per heavy atom. The van der Waals surface area contributed by atoms with Crippen molar-refractivity contribution in [3.63, 3.8) is 0 Å². The highest BCUT2D eigenvalue weighted by Crippen LogP contribution is 2.10. The predicted octanol–water partition coefficient (Wildman–Crippen LogP) is 4.90. The van der Waals surface area contributed by atoms with Crippen molar-refractivity contribution in [2.75, 3.05) is 18.6 Å². The lowest BCUT2D eigenvalue weighted by Gasteiger charge is -2.08. The molecule has 0 saturated carbocycles. The zero-order chi connectivity index (χ0) is 14.6. The van der Waals surface area contributed by atoms with Crippen LogP contribution in [0.4, 0.5) is 0 Å². The summed E-state index contributed by atoms with van der Waals surface area (Å²) in [5.41, 5.74) is 2.86. The topological polar surface area (TPSA) is 12.0 Å². The molecule has 2 heteroatoms. The Hall–Kier alpha value is -0.470. The Labute approximate surface area is 129 Å². The van der Waals surface area contributed by atoms with Crippen molar-refractivity contribution < 1.29 is 0 Å². The average Bonchev–Trinajstić information content (AvgIpc) is 2.43. The first kappa shape index (κ1) is 17.6. The number of benzene rings is 1. The summed E-state index contributed by atoms with van der Waals surface area (Å²) < 4.78 is 0. The predicted molar refractivity (Wildman–Crippen MR) is 93.5 cm³/mol. The van der Waals surface area contributed by atoms with E-state index in [-0.39, 0.29) is 0 Å². The van der Waals surface area contributed by atoms with Gasteiger partial charge >= 0.3 is 0 Å². The third-order valence-electron chi connectivity index (χ3n) is 3.45. The van der Waals surface area contributed by atoms with Crippen LogP contribution < -0.4 is 5.32 Å². The SMILES string of the molecule is CSCCCCCCNCc1ccc(CC(C)C)cc1. The fourth-order valence-corrected chi connectivity index (χ4v) is 2.84. The zero-order valence-corrected chi connectivity index (χ0v) is 14.3. The fourth-order valence-electron chi connectivity index (χ4n) is 2.35. The molecule has 1 nitrogen and oxygen atoms in total. The van der Waals surface area contributed by atoms with Crippen molar-refractivity contribution in [3.8, 4) is 0 Å². The van der Waals surface area contributed by atoms with Gasteiger partial charge < -0.3 is 5.32 Å². The number of thioether (sulfide) groups is 1. The minimum Gasteiger partial charge on any atom is -0.313 e. The number of hydrogen-bond acceptors (Lipinski definition) is 2. The molecule has 0 fully saturated rings. The molecule has 20 heavy (non-hydrogen) atoms. The van der Waals surface area contributed by atoms with Crippen LogP contribution in [0.2, 0.25) is 0 Å². The molecule has 1 rings (SSSR count). The third kappa shape index (κ3) is 8.65. The van der Waals surface area contributed by atoms with Crippen LogP contribution in [0.25, 0.3) is 0 Å². The molecule has 0 atom stereocenters. The maximum absolute atomic E-state index is 3.55. The van der Waals surface area contributed by atoms with Crippen LogP contribution in [-0.2, 0) is 13.0 Å². The summed E-state index contributed by atoms with van der Waals surface area (Å²) in [5.74, 6) is 2.06. The van der Waals surface area contributed by atoms with E-state index >= 15 is 0 Å². The van der Waals surface area contributed by atoms with Gasteiger partial charge in [0.15, 0.2) is 0 Å². The van der Waals surface area contributed by atoms with Crippen LogP contribution in [-0.4, -0.2) is 18.6 Å². The summed E-state index contributed by atoms with van der Waals surface area (Å²) in [5, 5.41) is 3.55. The standard InChI is InChI=1S/C18H31NS/c1-16(2)14-17-8-10-18(11-9-17)15-19-12-6-4-5-7-13-20-3/h8-11,16,19H,4-7,12-15H2,1-3H3. The molecule has 0 radical (unpaired) electrons. The van der Waals surface area contributed by atoms with Crippen molar-refractivity contribution in [2.45, 2.75) is 52.5 Å². The summed E-state index contributed by atoms with van der Waals surface area (Å²) in [4.78, 5) is 0. The highest BCUT2D eigenvalue weighted by atomic mass is 32.2. The number of hydrogen-bond donors (Lipinski definition) is 1. The summed E-state index contributed by atoms with van der Waals surface area (Å²) in [6.07, 6.45) is 8.79. The zero-order valence-electron chi connectivity index (χ0n) is 13.5. The van der Waals surface area contributed by atoms with Gasteiger partial charge in [-0.25, -0.2) is 0 Å². The molecule has 1 N–H and O–H groups in total. The molecule has 0 aliphatic rings. The molecule has 0 amide bonds. The molecule has 0 saturated heterocycles. The lowest BCUT2D eigenvalue weighted by atomic mass is 10.0. The van der Waals surface area contributed by atoms with E-state index in [1.807, 2.05) is 11.8 Å². The van der Waals surface area contributed by atoms with Crippen molar-refractivity contribution in [3.05, 3.63) is 35.4 Å². The number of nitrogens with one attached hydrogen (secondary N) is 1. The van der Waals surface area contributed by atoms with E-state index in [1.54, 1.807) is 0 Å². The molecule has 0 aliphatic carbocycles. The Balaban J connectivity index is 2.07. The van der Waals surface area contributed by atoms with Crippen LogP contribution in [0.1, 0.15) is 50.7 Å². The largest absolute Gasteiger partial charge is 0.313 e. The molecule has 0 aliphatic heterocycles. The minimum atomic E-state index is 0.741. The number of rotatable bonds is 11. The smallest absolute Gasteiger partial charge is 0.0205 e. The molecule has 0 aromatic heterocycles. The monoisotopic (exact) mass is 293 g/mol. The van der Waals surface area contributed by atoms with E-state index in [0.29, 0.717) is 0 Å². The summed E-state index contributed by atoms with van der Waals surface area (Å²) in [6.45, 7) is 6.70. The molecule has 1 aromatic rings. The van der Waals surface area contributed by atoms with Gasteiger partial charge in [0, 0.05) is 6.54 Å². The summed E-state index contributed by atoms with van der Waals surface area (Å²) in [6, 6.07) is 9.09. The first-order chi connectivity index (χ1) is 9.72. The van der Waals surface area contributed by atoms with Gasteiger partial charge in [-0.05, 0) is 54.9 Å². The van der Waals surface area contributed by atoms with Crippen LogP contribution in [0.15, 0.2) is 24.3 Å². The van der Waals surface area contributed by atoms with Crippen molar-refractivity contribution in [1.29, 1.82) is 0 Å². The van der Waals surface area contributed by atoms with E-state index in [0.717, 1.165) is 19.0 Å². The quantitative estimate of drug-likeness (QED) is 0.582. The Bertz CT molecular complexity index is 332. The molecule has 1 aromatic carbocycles. The average molecular weight is 294 g/mol. The number of unbranched alkanes of at least 4 members (excludes halogenated alkanes) is 3. The lowest BCUT2D eigenvalue weighted by molar-refractivity contribution is 0.599. The van der Waals surface area contributed by atoms with Gasteiger partial charge in [0.25, 0.3) is 0 Å². The van der Waals surface area contributed by atoms with Gasteiger partial charge in [-0.3, -0.25) is 0 Å². The molecule has 0 unspecified atom stereocenters. The van der Waals surface area contributed by atoms with Crippen LogP contribution in [0.5, 0.6) is 0 Å². The second-order valence-corrected chi connectivity index (χ2v) is 6.98. The summed E-state index contributed by atoms with van der Waals surface area (Å²) in [7, 11) is 0. The van der Waals surface area contributed by atoms with Crippen molar-refractivity contribution in [2.24, 2.45) is 5.92 Å². The highest BCUT2D eigenvalue weighted by molar-refractivity contribution is 7.98. The van der Waals surface area contributed by atoms with E-state index in [2.05, 4.69) is 49.7 Å². The summed E-state index contributed by atoms with van der Waals surface area (Å²) >= 11 is 1.96. The van der Waals surface area contributed by atoms with Gasteiger partial charge in [0.05, 0.1) is 0 Å². The van der Waals surface area contributed by atoms with Gasteiger partial charge in [0.2, 0.25) is 0 Å². The lowest BCUT2D eigenvalue weighted by Crippen LogP contribution is -2.14. The second kappa shape index (κ2) is 11.2. The van der Waals surface area contributed by atoms with Gasteiger partial charge in [-0.2, -0.15) is 11.8 Å². The van der Waals surface area contributed by atoms with Crippen LogP contribution in [0.3, 0.4) is 0 Å². The molecule has 114 valence electrons. The van der Waals surface area contributed by atoms with E-state index in [4.69, 9.17) is 0 Å². The molecule has 0 heterocycles. The second-order valence-electron chi connectivity index (χ2n) is 6.00. The van der Waals surface area contributed by atoms with E-state index in [9.17, 15) is 0 Å². The Kier molecular flexibility index (Phi) is 9.86. The Morgan fingerprint density at radius 2 is 1.60 bits per heavy atom. The van der Waals surface area contributed by atoms with Gasteiger partial charge in [-0.1, -0.05) is 51.0 Å². The molecule has 0 bridgehead atoms. The van der Waals surface area contributed by atoms with Gasteiger partial charge in [-0.15, -0.1) is 0 Å². The fraction of sp³-hybridized carbons (Fsp3) is 0.667. The van der Waals surface area contributed by atoms with E-state index < -0.39 is 0 Å². The molecule has 0 spiro atoms. The maximum atomic E-state index is 3.55. The van der Waals surface area contributed by atoms with Crippen molar-refractivity contribution >= 4 is 11.8 Å². The first-order valence-electron chi connectivity index (χ1n) is 8.00. The third-order valence-corrected chi connectivity index (χ3v) is 4.14. The normalized spacial score (nSPS) is 11.2. The molecular weight excluding hydrogens is 262 g/mol. The molecular formula is C18H31NS. The minimum absolute atomic E-state index is 0.741. The Morgan fingerprint density at radius 3 is 2.25 bits per heavy atom. The van der Waals surface area contributed by atoms with Crippen LogP contribution in [0, 0.1) is 5.92 Å².